The van der Waals surface area contributed by atoms with Crippen LogP contribution in [-0.2, 0) is 0 Å². The van der Waals surface area contributed by atoms with Crippen LogP contribution in [0.5, 0.6) is 5.75 Å². The Morgan fingerprint density at radius 2 is 2.09 bits per heavy atom. The zero-order valence-corrected chi connectivity index (χ0v) is 18.8. The lowest BCUT2D eigenvalue weighted by Gasteiger charge is -2.32. The highest BCUT2D eigenvalue weighted by Gasteiger charge is 2.27. The predicted molar refractivity (Wildman–Crippen MR) is 122 cm³/mol. The minimum Gasteiger partial charge on any atom is -0.494 e. The lowest BCUT2D eigenvalue weighted by Crippen LogP contribution is -2.34. The van der Waals surface area contributed by atoms with E-state index in [9.17, 15) is 9.50 Å². The van der Waals surface area contributed by atoms with Gasteiger partial charge in [-0.3, -0.25) is 4.68 Å². The number of hydrogen-bond acceptors (Lipinski definition) is 8. The van der Waals surface area contributed by atoms with Gasteiger partial charge in [-0.2, -0.15) is 9.61 Å². The van der Waals surface area contributed by atoms with Crippen LogP contribution >= 0.6 is 0 Å². The average molecular weight is 455 g/mol. The number of nitrogens with zero attached hydrogens (tertiary/aromatic N) is 7. The summed E-state index contributed by atoms with van der Waals surface area (Å²) >= 11 is 0. The Morgan fingerprint density at radius 3 is 2.85 bits per heavy atom. The maximum atomic E-state index is 14.2. The first-order chi connectivity index (χ1) is 15.9. The van der Waals surface area contributed by atoms with Crippen LogP contribution in [0.25, 0.3) is 16.6 Å². The summed E-state index contributed by atoms with van der Waals surface area (Å²) in [6.45, 7) is 5.30. The van der Waals surface area contributed by atoms with E-state index in [1.807, 2.05) is 19.3 Å². The number of nitrogens with two attached hydrogens (primary N) is 1. The van der Waals surface area contributed by atoms with Crippen LogP contribution in [0, 0.1) is 5.82 Å². The van der Waals surface area contributed by atoms with Gasteiger partial charge in [-0.25, -0.2) is 14.4 Å². The zero-order chi connectivity index (χ0) is 23.3. The number of ether oxygens (including phenoxy) is 1. The molecule has 0 radical (unpaired) electrons. The third-order valence-corrected chi connectivity index (χ3v) is 6.42. The van der Waals surface area contributed by atoms with Crippen molar-refractivity contribution in [3.05, 3.63) is 36.2 Å². The molecule has 3 N–H and O–H groups in total. The van der Waals surface area contributed by atoms with Gasteiger partial charge in [0, 0.05) is 31.3 Å². The summed E-state index contributed by atoms with van der Waals surface area (Å²) < 4.78 is 22.7. The van der Waals surface area contributed by atoms with Gasteiger partial charge in [0.2, 0.25) is 5.95 Å². The molecule has 0 amide bonds. The first kappa shape index (κ1) is 21.4. The lowest BCUT2D eigenvalue weighted by molar-refractivity contribution is 0.132. The van der Waals surface area contributed by atoms with Crippen LogP contribution in [0.1, 0.15) is 44.5 Å². The number of aliphatic hydroxyl groups excluding tert-OH is 1. The highest BCUT2D eigenvalue weighted by molar-refractivity contribution is 5.95. The highest BCUT2D eigenvalue weighted by atomic mass is 19.1. The van der Waals surface area contributed by atoms with Crippen molar-refractivity contribution < 1.29 is 14.2 Å². The summed E-state index contributed by atoms with van der Waals surface area (Å²) in [7, 11) is 1.46. The van der Waals surface area contributed by atoms with Crippen molar-refractivity contribution in [1.82, 2.24) is 29.4 Å². The summed E-state index contributed by atoms with van der Waals surface area (Å²) in [4.78, 5) is 11.4. The van der Waals surface area contributed by atoms with Crippen molar-refractivity contribution in [3.63, 3.8) is 0 Å². The molecular weight excluding hydrogens is 427 g/mol. The molecule has 3 atom stereocenters. The normalized spacial score (nSPS) is 18.7. The predicted octanol–water partition coefficient (Wildman–Crippen LogP) is 2.53. The Bertz CT molecular complexity index is 1320. The maximum absolute atomic E-state index is 14.2. The molecule has 1 fully saturated rings. The minimum atomic E-state index is -0.494. The number of benzene rings is 1. The van der Waals surface area contributed by atoms with E-state index in [1.165, 1.54) is 23.8 Å². The van der Waals surface area contributed by atoms with Crippen LogP contribution in [0.3, 0.4) is 0 Å². The quantitative estimate of drug-likeness (QED) is 0.472. The van der Waals surface area contributed by atoms with Gasteiger partial charge in [0.1, 0.15) is 17.1 Å². The van der Waals surface area contributed by atoms with Crippen molar-refractivity contribution in [1.29, 1.82) is 0 Å². The molecule has 0 bridgehead atoms. The Hall–Kier alpha value is -3.47. The molecule has 0 spiro atoms. The van der Waals surface area contributed by atoms with E-state index in [4.69, 9.17) is 15.5 Å². The summed E-state index contributed by atoms with van der Waals surface area (Å²) in [6.07, 6.45) is 5.18. The lowest BCUT2D eigenvalue weighted by atomic mass is 9.97. The van der Waals surface area contributed by atoms with E-state index in [2.05, 4.69) is 20.1 Å². The number of anilines is 2. The number of rotatable bonds is 5. The zero-order valence-electron chi connectivity index (χ0n) is 18.8. The van der Waals surface area contributed by atoms with E-state index < -0.39 is 11.9 Å². The van der Waals surface area contributed by atoms with Gasteiger partial charge >= 0.3 is 0 Å². The van der Waals surface area contributed by atoms with Crippen molar-refractivity contribution in [2.45, 2.75) is 44.8 Å². The first-order valence-corrected chi connectivity index (χ1v) is 11.0. The Balaban J connectivity index is 1.48. The van der Waals surface area contributed by atoms with Crippen molar-refractivity contribution in [3.8, 4) is 5.75 Å². The summed E-state index contributed by atoms with van der Waals surface area (Å²) in [6, 6.07) is 2.55. The molecule has 4 aromatic rings. The second-order valence-electron chi connectivity index (χ2n) is 8.62. The Morgan fingerprint density at radius 1 is 1.27 bits per heavy atom. The molecule has 174 valence electrons. The number of aromatic nitrogens is 6. The number of hydrogen-bond donors (Lipinski definition) is 2. The third-order valence-electron chi connectivity index (χ3n) is 6.42. The van der Waals surface area contributed by atoms with E-state index in [0.717, 1.165) is 25.1 Å². The topological polar surface area (TPSA) is 120 Å². The summed E-state index contributed by atoms with van der Waals surface area (Å²) in [5.74, 6) is 0.748. The van der Waals surface area contributed by atoms with Gasteiger partial charge in [0.15, 0.2) is 11.5 Å². The molecule has 5 rings (SSSR count). The van der Waals surface area contributed by atoms with Gasteiger partial charge < -0.3 is 20.5 Å². The molecule has 1 aliphatic rings. The monoisotopic (exact) mass is 454 g/mol. The van der Waals surface area contributed by atoms with Crippen molar-refractivity contribution in [2.75, 3.05) is 30.8 Å². The first-order valence-electron chi connectivity index (χ1n) is 11.0. The van der Waals surface area contributed by atoms with E-state index in [1.54, 1.807) is 11.6 Å². The smallest absolute Gasteiger partial charge is 0.223 e. The van der Waals surface area contributed by atoms with Gasteiger partial charge in [-0.1, -0.05) is 0 Å². The van der Waals surface area contributed by atoms with Crippen LogP contribution in [0.2, 0.25) is 0 Å². The van der Waals surface area contributed by atoms with Crippen LogP contribution in [0.4, 0.5) is 16.0 Å². The number of piperidine rings is 1. The molecule has 1 aliphatic heterocycles. The maximum Gasteiger partial charge on any atom is 0.223 e. The molecule has 1 unspecified atom stereocenters. The van der Waals surface area contributed by atoms with E-state index in [-0.39, 0.29) is 17.9 Å². The molecule has 10 nitrogen and oxygen atoms in total. The highest BCUT2D eigenvalue weighted by Crippen LogP contribution is 2.32. The molecular formula is C22H27FN8O2. The second-order valence-corrected chi connectivity index (χ2v) is 8.62. The molecule has 11 heteroatoms. The second kappa shape index (κ2) is 8.14. The minimum absolute atomic E-state index is 0.0705. The van der Waals surface area contributed by atoms with Crippen molar-refractivity contribution >= 4 is 28.2 Å². The van der Waals surface area contributed by atoms with Gasteiger partial charge in [0.25, 0.3) is 0 Å². The molecule has 0 saturated carbocycles. The fourth-order valence-electron chi connectivity index (χ4n) is 4.37. The fraction of sp³-hybridized carbons (Fsp3) is 0.455. The van der Waals surface area contributed by atoms with E-state index >= 15 is 0 Å². The molecule has 1 saturated heterocycles. The van der Waals surface area contributed by atoms with Gasteiger partial charge in [0.05, 0.1) is 36.5 Å². The largest absolute Gasteiger partial charge is 0.494 e. The van der Waals surface area contributed by atoms with Crippen LogP contribution in [0.15, 0.2) is 24.5 Å². The molecule has 4 heterocycles. The summed E-state index contributed by atoms with van der Waals surface area (Å²) in [5.41, 5.74) is 8.06. The third kappa shape index (κ3) is 3.71. The van der Waals surface area contributed by atoms with Gasteiger partial charge in [-0.05, 0) is 32.8 Å². The molecule has 0 aliphatic carbocycles. The summed E-state index contributed by atoms with van der Waals surface area (Å²) in [5, 5.41) is 19.4. The fourth-order valence-corrected chi connectivity index (χ4v) is 4.37. The number of halogens is 1. The standard InChI is InChI=1S/C22H27FN8O2/c1-12(13(2)32)30-11-16(9-25-30)29-6-4-5-14(10-29)20-27-21-17-7-15(23)8-18(33-3)19(17)26-22(24)31(21)28-20/h7-9,11-14,32H,4-6,10H2,1-3H3,(H2,24,26)/t12-,13-,14?/m1/s1. The number of nitrogen functional groups attached to an aromatic ring is 1. The van der Waals surface area contributed by atoms with Gasteiger partial charge in [-0.15, -0.1) is 5.10 Å². The molecule has 33 heavy (non-hydrogen) atoms. The number of fused-ring (bicyclic) bond motifs is 3. The SMILES string of the molecule is COc1cc(F)cc2c1nc(N)n1nc(C3CCCN(c4cnn([C@H](C)[C@@H](C)O)c4)C3)nc21. The molecule has 1 aromatic carbocycles. The van der Waals surface area contributed by atoms with Crippen molar-refractivity contribution in [2.24, 2.45) is 0 Å². The Kier molecular flexibility index (Phi) is 5.28. The molecule has 3 aromatic heterocycles. The number of methoxy groups -OCH3 is 1. The average Bonchev–Trinajstić information content (AvgIpc) is 3.47. The van der Waals surface area contributed by atoms with E-state index in [0.29, 0.717) is 34.7 Å². The number of aliphatic hydroxyl groups is 1. The van der Waals surface area contributed by atoms with Crippen LogP contribution in [-0.4, -0.2) is 60.8 Å². The van der Waals surface area contributed by atoms with Crippen LogP contribution < -0.4 is 15.4 Å². The Labute approximate surface area is 189 Å².